The van der Waals surface area contributed by atoms with Crippen LogP contribution in [0.15, 0.2) is 24.3 Å². The van der Waals surface area contributed by atoms with Crippen molar-refractivity contribution in [2.75, 3.05) is 6.61 Å². The molecule has 0 atom stereocenters. The third-order valence-electron chi connectivity index (χ3n) is 2.99. The molecule has 21 heavy (non-hydrogen) atoms. The zero-order valence-electron chi connectivity index (χ0n) is 12.4. The molecule has 0 aliphatic carbocycles. The van der Waals surface area contributed by atoms with E-state index in [0.29, 0.717) is 13.2 Å². The van der Waals surface area contributed by atoms with Crippen molar-refractivity contribution in [1.82, 2.24) is 5.32 Å². The van der Waals surface area contributed by atoms with Crippen LogP contribution in [0, 0.1) is 0 Å². The first-order chi connectivity index (χ1) is 10.1. The highest BCUT2D eigenvalue weighted by Gasteiger charge is 2.02. The second-order valence-corrected chi connectivity index (χ2v) is 4.85. The molecule has 116 valence electrons. The van der Waals surface area contributed by atoms with E-state index in [0.717, 1.165) is 24.2 Å². The topological polar surface area (TPSA) is 78.5 Å². The van der Waals surface area contributed by atoms with Crippen molar-refractivity contribution in [2.45, 2.75) is 45.6 Å². The molecule has 0 fully saturated rings. The molecule has 0 aliphatic heterocycles. The molecule has 0 aromatic heterocycles. The van der Waals surface area contributed by atoms with E-state index in [1.54, 1.807) is 0 Å². The molecular formula is C16H22NO4-. The molecule has 0 radical (unpaired) electrons. The molecule has 1 rings (SSSR count). The van der Waals surface area contributed by atoms with Gasteiger partial charge in [-0.15, -0.1) is 0 Å². The van der Waals surface area contributed by atoms with Crippen molar-refractivity contribution >= 4 is 11.9 Å². The molecule has 0 saturated heterocycles. The number of rotatable bonds is 10. The molecule has 0 aliphatic rings. The molecule has 0 saturated carbocycles. The lowest BCUT2D eigenvalue weighted by molar-refractivity contribution is -0.305. The SMILES string of the molecule is CCCCCOc1ccc(CNC(=O)CCC(=O)[O-])cc1. The van der Waals surface area contributed by atoms with Crippen LogP contribution in [0.1, 0.15) is 44.6 Å². The summed E-state index contributed by atoms with van der Waals surface area (Å²) < 4.78 is 5.59. The molecule has 1 amide bonds. The zero-order chi connectivity index (χ0) is 15.5. The average Bonchev–Trinajstić information content (AvgIpc) is 2.48. The van der Waals surface area contributed by atoms with Crippen molar-refractivity contribution in [1.29, 1.82) is 0 Å². The first kappa shape index (κ1) is 17.0. The van der Waals surface area contributed by atoms with Gasteiger partial charge in [-0.1, -0.05) is 31.9 Å². The van der Waals surface area contributed by atoms with Crippen LogP contribution in [-0.4, -0.2) is 18.5 Å². The van der Waals surface area contributed by atoms with Gasteiger partial charge < -0.3 is 20.0 Å². The highest BCUT2D eigenvalue weighted by atomic mass is 16.5. The monoisotopic (exact) mass is 292 g/mol. The zero-order valence-corrected chi connectivity index (χ0v) is 12.4. The molecule has 1 N–H and O–H groups in total. The number of hydrogen-bond acceptors (Lipinski definition) is 4. The summed E-state index contributed by atoms with van der Waals surface area (Å²) in [5.41, 5.74) is 0.942. The Bertz CT molecular complexity index is 442. The Morgan fingerprint density at radius 3 is 2.48 bits per heavy atom. The maximum absolute atomic E-state index is 11.4. The Morgan fingerprint density at radius 1 is 1.14 bits per heavy atom. The lowest BCUT2D eigenvalue weighted by Gasteiger charge is -2.08. The van der Waals surface area contributed by atoms with Gasteiger partial charge in [-0.2, -0.15) is 0 Å². The summed E-state index contributed by atoms with van der Waals surface area (Å²) in [6.07, 6.45) is 3.07. The number of amides is 1. The Hall–Kier alpha value is -2.04. The number of benzene rings is 1. The van der Waals surface area contributed by atoms with Gasteiger partial charge in [0.05, 0.1) is 6.61 Å². The Labute approximate surface area is 125 Å². The summed E-state index contributed by atoms with van der Waals surface area (Å²) in [6.45, 7) is 3.24. The molecule has 5 heteroatoms. The minimum Gasteiger partial charge on any atom is -0.550 e. The fourth-order valence-electron chi connectivity index (χ4n) is 1.75. The standard InChI is InChI=1S/C16H23NO4/c1-2-3-4-11-21-14-7-5-13(6-8-14)12-17-15(18)9-10-16(19)20/h5-8H,2-4,9-12H2,1H3,(H,17,18)(H,19,20)/p-1. The van der Waals surface area contributed by atoms with Crippen LogP contribution in [0.25, 0.3) is 0 Å². The lowest BCUT2D eigenvalue weighted by atomic mass is 10.2. The second-order valence-electron chi connectivity index (χ2n) is 4.85. The minimum atomic E-state index is -1.21. The quantitative estimate of drug-likeness (QED) is 0.661. The highest BCUT2D eigenvalue weighted by molar-refractivity contribution is 5.79. The summed E-state index contributed by atoms with van der Waals surface area (Å²) in [7, 11) is 0. The molecule has 0 heterocycles. The van der Waals surface area contributed by atoms with Crippen molar-refractivity contribution < 1.29 is 19.4 Å². The van der Waals surface area contributed by atoms with Crippen LogP contribution < -0.4 is 15.2 Å². The maximum Gasteiger partial charge on any atom is 0.220 e. The van der Waals surface area contributed by atoms with E-state index in [1.807, 2.05) is 24.3 Å². The lowest BCUT2D eigenvalue weighted by Crippen LogP contribution is -2.27. The second kappa shape index (κ2) is 9.80. The van der Waals surface area contributed by atoms with Gasteiger partial charge in [0.25, 0.3) is 0 Å². The number of carbonyl (C=O) groups excluding carboxylic acids is 2. The first-order valence-corrected chi connectivity index (χ1v) is 7.30. The van der Waals surface area contributed by atoms with Crippen LogP contribution >= 0.6 is 0 Å². The van der Waals surface area contributed by atoms with Gasteiger partial charge in [-0.3, -0.25) is 4.79 Å². The minimum absolute atomic E-state index is 0.0546. The number of hydrogen-bond donors (Lipinski definition) is 1. The van der Waals surface area contributed by atoms with Gasteiger partial charge in [0.2, 0.25) is 5.91 Å². The van der Waals surface area contributed by atoms with Crippen molar-refractivity contribution in [2.24, 2.45) is 0 Å². The van der Waals surface area contributed by atoms with Gasteiger partial charge >= 0.3 is 0 Å². The van der Waals surface area contributed by atoms with Crippen LogP contribution in [0.3, 0.4) is 0 Å². The number of nitrogens with one attached hydrogen (secondary N) is 1. The maximum atomic E-state index is 11.4. The highest BCUT2D eigenvalue weighted by Crippen LogP contribution is 2.12. The van der Waals surface area contributed by atoms with Crippen LogP contribution in [0.2, 0.25) is 0 Å². The van der Waals surface area contributed by atoms with Crippen LogP contribution in [-0.2, 0) is 16.1 Å². The van der Waals surface area contributed by atoms with Gasteiger partial charge in [0.15, 0.2) is 0 Å². The smallest absolute Gasteiger partial charge is 0.220 e. The summed E-state index contributed by atoms with van der Waals surface area (Å²) in [6, 6.07) is 7.51. The van der Waals surface area contributed by atoms with E-state index in [4.69, 9.17) is 4.74 Å². The summed E-state index contributed by atoms with van der Waals surface area (Å²) in [4.78, 5) is 21.6. The van der Waals surface area contributed by atoms with E-state index in [1.165, 1.54) is 6.42 Å². The van der Waals surface area contributed by atoms with Crippen LogP contribution in [0.4, 0.5) is 0 Å². The van der Waals surface area contributed by atoms with E-state index in [-0.39, 0.29) is 18.7 Å². The van der Waals surface area contributed by atoms with E-state index < -0.39 is 5.97 Å². The molecule has 0 unspecified atom stereocenters. The average molecular weight is 292 g/mol. The van der Waals surface area contributed by atoms with Crippen LogP contribution in [0.5, 0.6) is 5.75 Å². The third kappa shape index (κ3) is 7.97. The number of ether oxygens (including phenoxy) is 1. The van der Waals surface area contributed by atoms with Gasteiger partial charge in [-0.05, 0) is 30.5 Å². The number of aliphatic carboxylic acids is 1. The fraction of sp³-hybridized carbons (Fsp3) is 0.500. The van der Waals surface area contributed by atoms with E-state index >= 15 is 0 Å². The van der Waals surface area contributed by atoms with Gasteiger partial charge in [-0.25, -0.2) is 0 Å². The van der Waals surface area contributed by atoms with Crippen molar-refractivity contribution in [3.05, 3.63) is 29.8 Å². The number of carboxylic acid groups (broad SMARTS) is 1. The van der Waals surface area contributed by atoms with Crippen molar-refractivity contribution in [3.8, 4) is 5.75 Å². The van der Waals surface area contributed by atoms with Gasteiger partial charge in [0, 0.05) is 18.9 Å². The fourth-order valence-corrected chi connectivity index (χ4v) is 1.75. The number of unbranched alkanes of at least 4 members (excludes halogenated alkanes) is 2. The molecule has 0 bridgehead atoms. The Kier molecular flexibility index (Phi) is 7.94. The third-order valence-corrected chi connectivity index (χ3v) is 2.99. The number of carbonyl (C=O) groups is 2. The largest absolute Gasteiger partial charge is 0.550 e. The Morgan fingerprint density at radius 2 is 1.86 bits per heavy atom. The predicted octanol–water partition coefficient (Wildman–Crippen LogP) is 1.40. The molecule has 0 spiro atoms. The molecule has 1 aromatic carbocycles. The molecule has 1 aromatic rings. The molecule has 5 nitrogen and oxygen atoms in total. The van der Waals surface area contributed by atoms with Crippen molar-refractivity contribution in [3.63, 3.8) is 0 Å². The normalized spacial score (nSPS) is 10.1. The van der Waals surface area contributed by atoms with Gasteiger partial charge in [0.1, 0.15) is 5.75 Å². The Balaban J connectivity index is 2.27. The summed E-state index contributed by atoms with van der Waals surface area (Å²) in [5.74, 6) is -0.688. The molecular weight excluding hydrogens is 270 g/mol. The summed E-state index contributed by atoms with van der Waals surface area (Å²) in [5, 5.41) is 12.9. The van der Waals surface area contributed by atoms with E-state index in [2.05, 4.69) is 12.2 Å². The number of carboxylic acids is 1. The van der Waals surface area contributed by atoms with E-state index in [9.17, 15) is 14.7 Å². The predicted molar refractivity (Wildman–Crippen MR) is 77.5 cm³/mol. The summed E-state index contributed by atoms with van der Waals surface area (Å²) >= 11 is 0. The first-order valence-electron chi connectivity index (χ1n) is 7.30.